The van der Waals surface area contributed by atoms with Crippen LogP contribution in [0.3, 0.4) is 0 Å². The van der Waals surface area contributed by atoms with Gasteiger partial charge in [0, 0.05) is 51.0 Å². The van der Waals surface area contributed by atoms with Gasteiger partial charge in [-0.2, -0.15) is 0 Å². The van der Waals surface area contributed by atoms with E-state index >= 15 is 0 Å². The molecule has 4 heterocycles. The number of rotatable bonds is 3. The molecular weight excluding hydrogens is 781 g/mol. The Morgan fingerprint density at radius 3 is 1.95 bits per heavy atom. The van der Waals surface area contributed by atoms with Gasteiger partial charge in [-0.05, 0) is 145 Å². The van der Waals surface area contributed by atoms with Crippen LogP contribution in [0.2, 0.25) is 0 Å². The first-order chi connectivity index (χ1) is 29.8. The Hall–Kier alpha value is -5.68. The molecule has 0 bridgehead atoms. The van der Waals surface area contributed by atoms with Gasteiger partial charge in [-0.3, -0.25) is 4.57 Å². The van der Waals surface area contributed by atoms with Gasteiger partial charge in [0.15, 0.2) is 5.60 Å². The van der Waals surface area contributed by atoms with Gasteiger partial charge < -0.3 is 9.64 Å². The highest BCUT2D eigenvalue weighted by Crippen LogP contribution is 2.62. The predicted octanol–water partition coefficient (Wildman–Crippen LogP) is 15.1. The van der Waals surface area contributed by atoms with Crippen molar-refractivity contribution < 1.29 is 4.74 Å². The standard InChI is InChI=1S/C59H66N4O/c1-34-17-19-48-43(23-34)44-31-47-51(32-50(44)63(48)52-30-40(21-22-60-52)54(5,6)7)62(49-20-18-35(2)24-46(49)57(47,14)15)42-28-38(27-41(29-42)55(8,9)10)53-61-58(16)33-39-25-36(3)37(4)26-45(39)59(58,64-53)56(11,12)13/h17-32H,33H2,1-16H3/t58-,59-/m1/s1. The molecule has 64 heavy (non-hydrogen) atoms. The first kappa shape index (κ1) is 42.3. The van der Waals surface area contributed by atoms with Crippen LogP contribution >= 0.6 is 0 Å². The number of hydrogen-bond acceptors (Lipinski definition) is 4. The number of anilines is 3. The normalized spacial score (nSPS) is 20.2. The summed E-state index contributed by atoms with van der Waals surface area (Å²) in [6.07, 6.45) is 2.81. The lowest BCUT2D eigenvalue weighted by Gasteiger charge is -2.46. The van der Waals surface area contributed by atoms with Crippen molar-refractivity contribution in [2.75, 3.05) is 4.90 Å². The van der Waals surface area contributed by atoms with Crippen molar-refractivity contribution in [3.8, 4) is 5.82 Å². The number of aryl methyl sites for hydroxylation is 4. The average Bonchev–Trinajstić information content (AvgIpc) is 3.78. The fourth-order valence-electron chi connectivity index (χ4n) is 11.6. The van der Waals surface area contributed by atoms with Crippen LogP contribution in [0.5, 0.6) is 0 Å². The maximum absolute atomic E-state index is 7.57. The first-order valence-corrected chi connectivity index (χ1v) is 23.4. The summed E-state index contributed by atoms with van der Waals surface area (Å²) in [6.45, 7) is 36.7. The number of nitrogens with zero attached hydrogens (tertiary/aromatic N) is 4. The molecule has 2 atom stereocenters. The Kier molecular flexibility index (Phi) is 8.88. The average molecular weight is 847 g/mol. The zero-order valence-corrected chi connectivity index (χ0v) is 41.1. The van der Waals surface area contributed by atoms with Crippen LogP contribution in [0.25, 0.3) is 27.6 Å². The minimum atomic E-state index is -0.622. The van der Waals surface area contributed by atoms with Crippen LogP contribution in [0.1, 0.15) is 144 Å². The molecule has 0 saturated carbocycles. The van der Waals surface area contributed by atoms with E-state index in [0.29, 0.717) is 0 Å². The minimum absolute atomic E-state index is 0.0259. The molecule has 10 rings (SSSR count). The molecule has 1 aliphatic carbocycles. The first-order valence-electron chi connectivity index (χ1n) is 23.4. The van der Waals surface area contributed by atoms with E-state index in [1.54, 1.807) is 0 Å². The van der Waals surface area contributed by atoms with Gasteiger partial charge in [-0.25, -0.2) is 9.98 Å². The van der Waals surface area contributed by atoms with Crippen molar-refractivity contribution >= 4 is 44.8 Å². The van der Waals surface area contributed by atoms with E-state index in [1.165, 1.54) is 77.8 Å². The van der Waals surface area contributed by atoms with E-state index < -0.39 is 11.1 Å². The molecule has 0 fully saturated rings. The molecule has 0 spiro atoms. The fourth-order valence-corrected chi connectivity index (χ4v) is 11.6. The monoisotopic (exact) mass is 847 g/mol. The summed E-state index contributed by atoms with van der Waals surface area (Å²) in [6, 6.07) is 35.1. The molecule has 0 unspecified atom stereocenters. The van der Waals surface area contributed by atoms with Crippen molar-refractivity contribution in [3.05, 3.63) is 158 Å². The van der Waals surface area contributed by atoms with E-state index in [9.17, 15) is 0 Å². The van der Waals surface area contributed by atoms with Gasteiger partial charge in [0.2, 0.25) is 5.90 Å². The SMILES string of the molecule is Cc1ccc2c(c1)C(C)(C)c1cc3c4cc(C)ccc4n(-c4cc(C(C)(C)C)ccn4)c3cc1N2c1cc(C2=N[C@]3(C)Cc4cc(C)c(C)cc4[C@]3(C(C)(C)C)O2)cc(C(C)(C)C)c1. The lowest BCUT2D eigenvalue weighted by Crippen LogP contribution is -2.52. The summed E-state index contributed by atoms with van der Waals surface area (Å²) in [4.78, 5) is 13.3. The molecule has 0 amide bonds. The van der Waals surface area contributed by atoms with Gasteiger partial charge in [0.1, 0.15) is 11.4 Å². The van der Waals surface area contributed by atoms with Gasteiger partial charge in [0.05, 0.1) is 22.4 Å². The lowest BCUT2D eigenvalue weighted by molar-refractivity contribution is -0.0724. The highest BCUT2D eigenvalue weighted by atomic mass is 16.5. The number of hydrogen-bond donors (Lipinski definition) is 0. The Labute approximate surface area is 381 Å². The van der Waals surface area contributed by atoms with Crippen LogP contribution in [0, 0.1) is 33.1 Å². The molecule has 3 aliphatic rings. The maximum Gasteiger partial charge on any atom is 0.217 e. The number of benzene rings is 5. The highest BCUT2D eigenvalue weighted by molar-refractivity contribution is 6.12. The second-order valence-corrected chi connectivity index (χ2v) is 23.4. The molecule has 5 heteroatoms. The van der Waals surface area contributed by atoms with E-state index in [4.69, 9.17) is 14.7 Å². The van der Waals surface area contributed by atoms with Crippen molar-refractivity contribution in [3.63, 3.8) is 0 Å². The maximum atomic E-state index is 7.57. The molecular formula is C59H66N4O. The summed E-state index contributed by atoms with van der Waals surface area (Å²) in [5, 5.41) is 2.48. The fraction of sp³-hybridized carbons (Fsp3) is 0.390. The van der Waals surface area contributed by atoms with Crippen molar-refractivity contribution in [2.45, 2.75) is 145 Å². The Bertz CT molecular complexity index is 3160. The molecule has 2 aromatic heterocycles. The van der Waals surface area contributed by atoms with Crippen molar-refractivity contribution in [2.24, 2.45) is 10.4 Å². The van der Waals surface area contributed by atoms with Gasteiger partial charge >= 0.3 is 0 Å². The minimum Gasteiger partial charge on any atom is -0.463 e. The summed E-state index contributed by atoms with van der Waals surface area (Å²) >= 11 is 0. The molecule has 0 N–H and O–H groups in total. The van der Waals surface area contributed by atoms with E-state index in [0.717, 1.165) is 40.4 Å². The number of ether oxygens (including phenoxy) is 1. The van der Waals surface area contributed by atoms with Gasteiger partial charge in [0.25, 0.3) is 0 Å². The number of pyridine rings is 1. The van der Waals surface area contributed by atoms with Gasteiger partial charge in [-0.1, -0.05) is 118 Å². The third kappa shape index (κ3) is 6.01. The second-order valence-electron chi connectivity index (χ2n) is 23.4. The molecule has 328 valence electrons. The third-order valence-corrected chi connectivity index (χ3v) is 15.2. The van der Waals surface area contributed by atoms with Crippen LogP contribution in [-0.2, 0) is 33.0 Å². The summed E-state index contributed by atoms with van der Waals surface area (Å²) in [7, 11) is 0. The third-order valence-electron chi connectivity index (χ3n) is 15.2. The Morgan fingerprint density at radius 1 is 0.594 bits per heavy atom. The van der Waals surface area contributed by atoms with Crippen LogP contribution < -0.4 is 4.90 Å². The second kappa shape index (κ2) is 13.4. The van der Waals surface area contributed by atoms with Crippen molar-refractivity contribution in [1.82, 2.24) is 9.55 Å². The quantitative estimate of drug-likeness (QED) is 0.178. The summed E-state index contributed by atoms with van der Waals surface area (Å²) < 4.78 is 9.95. The van der Waals surface area contributed by atoms with E-state index in [1.807, 2.05) is 6.20 Å². The molecule has 0 radical (unpaired) electrons. The predicted molar refractivity (Wildman–Crippen MR) is 269 cm³/mol. The summed E-state index contributed by atoms with van der Waals surface area (Å²) in [5.74, 6) is 1.66. The van der Waals surface area contributed by atoms with Gasteiger partial charge in [-0.15, -0.1) is 0 Å². The number of aromatic nitrogens is 2. The molecule has 5 aromatic carbocycles. The number of fused-ring (bicyclic) bond motifs is 8. The molecule has 2 aliphatic heterocycles. The topological polar surface area (TPSA) is 42.7 Å². The van der Waals surface area contributed by atoms with E-state index in [2.05, 4.69) is 211 Å². The molecule has 5 nitrogen and oxygen atoms in total. The van der Waals surface area contributed by atoms with Crippen LogP contribution in [0.4, 0.5) is 17.1 Å². The highest BCUT2D eigenvalue weighted by Gasteiger charge is 2.67. The Morgan fingerprint density at radius 2 is 1.25 bits per heavy atom. The van der Waals surface area contributed by atoms with Crippen LogP contribution in [0.15, 0.2) is 102 Å². The zero-order chi connectivity index (χ0) is 45.8. The summed E-state index contributed by atoms with van der Waals surface area (Å²) in [5.41, 5.74) is 17.8. The molecule has 0 saturated heterocycles. The molecule has 7 aromatic rings. The number of aliphatic imine (C=N–C) groups is 1. The van der Waals surface area contributed by atoms with Crippen molar-refractivity contribution in [1.29, 1.82) is 0 Å². The van der Waals surface area contributed by atoms with Crippen LogP contribution in [-0.4, -0.2) is 21.0 Å². The van der Waals surface area contributed by atoms with E-state index in [-0.39, 0.29) is 21.7 Å². The largest absolute Gasteiger partial charge is 0.463 e. The zero-order valence-electron chi connectivity index (χ0n) is 41.1. The lowest BCUT2D eigenvalue weighted by atomic mass is 9.65. The Balaban J connectivity index is 1.24. The smallest absolute Gasteiger partial charge is 0.217 e.